The van der Waals surface area contributed by atoms with Crippen LogP contribution in [-0.4, -0.2) is 11.8 Å². The van der Waals surface area contributed by atoms with Gasteiger partial charge in [0.1, 0.15) is 5.00 Å². The lowest BCUT2D eigenvalue weighted by molar-refractivity contribution is 0.0997. The molecule has 1 aromatic carbocycles. The number of amides is 2. The van der Waals surface area contributed by atoms with Crippen LogP contribution in [0.15, 0.2) is 47.1 Å². The number of fused-ring (bicyclic) bond motifs is 1. The topological polar surface area (TPSA) is 71.3 Å². The Morgan fingerprint density at radius 1 is 1.00 bits per heavy atom. The summed E-state index contributed by atoms with van der Waals surface area (Å²) in [7, 11) is 0. The Kier molecular flexibility index (Phi) is 5.31. The predicted octanol–water partition coefficient (Wildman–Crippen LogP) is 5.33. The monoisotopic (exact) mass is 492 g/mol. The van der Waals surface area contributed by atoms with Gasteiger partial charge in [-0.25, -0.2) is 0 Å². The third kappa shape index (κ3) is 3.93. The first-order valence-corrected chi connectivity index (χ1v) is 10.6. The van der Waals surface area contributed by atoms with Crippen molar-refractivity contribution in [2.24, 2.45) is 0 Å². The molecule has 2 aromatic heterocycles. The van der Waals surface area contributed by atoms with Crippen LogP contribution in [0.5, 0.6) is 0 Å². The van der Waals surface area contributed by atoms with Crippen LogP contribution in [0.3, 0.4) is 0 Å². The average Bonchev–Trinajstić information content (AvgIpc) is 3.31. The first kappa shape index (κ1) is 18.2. The second-order valence-electron chi connectivity index (χ2n) is 6.31. The minimum Gasteiger partial charge on any atom is -0.459 e. The molecule has 2 amide bonds. The van der Waals surface area contributed by atoms with E-state index in [0.717, 1.165) is 40.5 Å². The Morgan fingerprint density at radius 2 is 1.78 bits per heavy atom. The number of hydrogen-bond acceptors (Lipinski definition) is 4. The molecule has 27 heavy (non-hydrogen) atoms. The zero-order chi connectivity index (χ0) is 18.8. The minimum absolute atomic E-state index is 0.189. The number of halogens is 1. The molecule has 138 valence electrons. The molecule has 0 radical (unpaired) electrons. The molecule has 0 saturated carbocycles. The fourth-order valence-corrected chi connectivity index (χ4v) is 4.83. The van der Waals surface area contributed by atoms with Crippen LogP contribution in [0.25, 0.3) is 0 Å². The van der Waals surface area contributed by atoms with Crippen molar-refractivity contribution in [3.63, 3.8) is 0 Å². The first-order chi connectivity index (χ1) is 13.1. The molecule has 0 bridgehead atoms. The molecule has 0 atom stereocenters. The Bertz CT molecular complexity index is 978. The standard InChI is InChI=1S/C20H17IN2O3S/c21-12-7-9-13(10-8-12)22-19(25)17-14-4-1-2-6-16(14)27-20(17)23-18(24)15-5-3-11-26-15/h3,5,7-11H,1-2,4,6H2,(H,22,25)(H,23,24). The Labute approximate surface area is 174 Å². The number of rotatable bonds is 4. The van der Waals surface area contributed by atoms with Crippen molar-refractivity contribution in [2.45, 2.75) is 25.7 Å². The molecule has 7 heteroatoms. The molecular formula is C20H17IN2O3S. The van der Waals surface area contributed by atoms with E-state index in [4.69, 9.17) is 4.42 Å². The van der Waals surface area contributed by atoms with Crippen molar-refractivity contribution in [3.05, 3.63) is 68.0 Å². The van der Waals surface area contributed by atoms with E-state index in [1.54, 1.807) is 12.1 Å². The summed E-state index contributed by atoms with van der Waals surface area (Å²) in [4.78, 5) is 26.7. The number of hydrogen-bond donors (Lipinski definition) is 2. The summed E-state index contributed by atoms with van der Waals surface area (Å²) in [5.41, 5.74) is 2.37. The molecule has 0 aliphatic heterocycles. The molecule has 2 N–H and O–H groups in total. The lowest BCUT2D eigenvalue weighted by Crippen LogP contribution is -2.18. The van der Waals surface area contributed by atoms with Gasteiger partial charge in [-0.2, -0.15) is 0 Å². The lowest BCUT2D eigenvalue weighted by Gasteiger charge is -2.13. The lowest BCUT2D eigenvalue weighted by atomic mass is 9.95. The van der Waals surface area contributed by atoms with Crippen molar-refractivity contribution < 1.29 is 14.0 Å². The predicted molar refractivity (Wildman–Crippen MR) is 115 cm³/mol. The van der Waals surface area contributed by atoms with Gasteiger partial charge in [-0.1, -0.05) is 0 Å². The molecule has 5 nitrogen and oxygen atoms in total. The van der Waals surface area contributed by atoms with E-state index in [1.165, 1.54) is 22.5 Å². The number of aryl methyl sites for hydroxylation is 1. The second kappa shape index (κ2) is 7.85. The van der Waals surface area contributed by atoms with Crippen LogP contribution in [0, 0.1) is 3.57 Å². The molecule has 0 unspecified atom stereocenters. The number of benzene rings is 1. The van der Waals surface area contributed by atoms with Gasteiger partial charge in [0.2, 0.25) is 0 Å². The molecule has 0 fully saturated rings. The Morgan fingerprint density at radius 3 is 2.52 bits per heavy atom. The molecule has 1 aliphatic carbocycles. The third-order valence-electron chi connectivity index (χ3n) is 4.47. The van der Waals surface area contributed by atoms with Gasteiger partial charge in [-0.05, 0) is 90.2 Å². The van der Waals surface area contributed by atoms with Crippen molar-refractivity contribution in [1.29, 1.82) is 0 Å². The summed E-state index contributed by atoms with van der Waals surface area (Å²) >= 11 is 3.72. The van der Waals surface area contributed by atoms with Gasteiger partial charge < -0.3 is 15.1 Å². The number of carbonyl (C=O) groups excluding carboxylic acids is 2. The fourth-order valence-electron chi connectivity index (χ4n) is 3.19. The van der Waals surface area contributed by atoms with Gasteiger partial charge in [0, 0.05) is 14.1 Å². The summed E-state index contributed by atoms with van der Waals surface area (Å²) in [6.07, 6.45) is 5.42. The average molecular weight is 492 g/mol. The van der Waals surface area contributed by atoms with E-state index in [9.17, 15) is 9.59 Å². The van der Waals surface area contributed by atoms with Gasteiger partial charge in [-0.15, -0.1) is 11.3 Å². The maximum atomic E-state index is 13.0. The molecular weight excluding hydrogens is 475 g/mol. The van der Waals surface area contributed by atoms with Crippen molar-refractivity contribution in [2.75, 3.05) is 10.6 Å². The maximum absolute atomic E-state index is 13.0. The van der Waals surface area contributed by atoms with Gasteiger partial charge in [0.25, 0.3) is 11.8 Å². The summed E-state index contributed by atoms with van der Waals surface area (Å²) in [5, 5.41) is 6.42. The van der Waals surface area contributed by atoms with Crippen LogP contribution in [-0.2, 0) is 12.8 Å². The minimum atomic E-state index is -0.345. The van der Waals surface area contributed by atoms with E-state index in [2.05, 4.69) is 33.2 Å². The molecule has 0 saturated heterocycles. The summed E-state index contributed by atoms with van der Waals surface area (Å²) in [6, 6.07) is 10.9. The van der Waals surface area contributed by atoms with E-state index >= 15 is 0 Å². The zero-order valence-electron chi connectivity index (χ0n) is 14.4. The first-order valence-electron chi connectivity index (χ1n) is 8.68. The number of carbonyl (C=O) groups is 2. The largest absolute Gasteiger partial charge is 0.459 e. The number of nitrogens with one attached hydrogen (secondary N) is 2. The van der Waals surface area contributed by atoms with Crippen LogP contribution in [0.1, 0.15) is 44.2 Å². The number of anilines is 2. The fraction of sp³-hybridized carbons (Fsp3) is 0.200. The van der Waals surface area contributed by atoms with E-state index in [-0.39, 0.29) is 17.6 Å². The molecule has 4 rings (SSSR count). The SMILES string of the molecule is O=C(Nc1sc2c(c1C(=O)Nc1ccc(I)cc1)CCCC2)c1ccco1. The Hall–Kier alpha value is -2.13. The highest BCUT2D eigenvalue weighted by atomic mass is 127. The van der Waals surface area contributed by atoms with Crippen molar-refractivity contribution in [3.8, 4) is 0 Å². The van der Waals surface area contributed by atoms with Crippen LogP contribution < -0.4 is 10.6 Å². The van der Waals surface area contributed by atoms with Crippen LogP contribution in [0.4, 0.5) is 10.7 Å². The zero-order valence-corrected chi connectivity index (χ0v) is 17.4. The van der Waals surface area contributed by atoms with E-state index < -0.39 is 0 Å². The highest BCUT2D eigenvalue weighted by Gasteiger charge is 2.27. The van der Waals surface area contributed by atoms with Crippen molar-refractivity contribution in [1.82, 2.24) is 0 Å². The van der Waals surface area contributed by atoms with Gasteiger partial charge >= 0.3 is 0 Å². The van der Waals surface area contributed by atoms with Gasteiger partial charge in [0.05, 0.1) is 11.8 Å². The summed E-state index contributed by atoms with van der Waals surface area (Å²) in [6.45, 7) is 0. The summed E-state index contributed by atoms with van der Waals surface area (Å²) < 4.78 is 6.27. The molecule has 1 aliphatic rings. The normalized spacial score (nSPS) is 13.1. The van der Waals surface area contributed by atoms with Gasteiger partial charge in [-0.3, -0.25) is 9.59 Å². The van der Waals surface area contributed by atoms with Crippen LogP contribution in [0.2, 0.25) is 0 Å². The summed E-state index contributed by atoms with van der Waals surface area (Å²) in [5.74, 6) is -0.308. The highest BCUT2D eigenvalue weighted by Crippen LogP contribution is 2.38. The highest BCUT2D eigenvalue weighted by molar-refractivity contribution is 14.1. The molecule has 0 spiro atoms. The van der Waals surface area contributed by atoms with Crippen LogP contribution >= 0.6 is 33.9 Å². The number of thiophene rings is 1. The van der Waals surface area contributed by atoms with E-state index in [1.807, 2.05) is 24.3 Å². The number of furan rings is 1. The smallest absolute Gasteiger partial charge is 0.291 e. The molecule has 3 aromatic rings. The second-order valence-corrected chi connectivity index (χ2v) is 8.66. The molecule has 2 heterocycles. The van der Waals surface area contributed by atoms with Gasteiger partial charge in [0.15, 0.2) is 5.76 Å². The maximum Gasteiger partial charge on any atom is 0.291 e. The van der Waals surface area contributed by atoms with E-state index in [0.29, 0.717) is 10.6 Å². The quantitative estimate of drug-likeness (QED) is 0.484. The van der Waals surface area contributed by atoms with Crippen molar-refractivity contribution >= 4 is 56.4 Å². The Balaban J connectivity index is 1.65. The third-order valence-corrected chi connectivity index (χ3v) is 6.40.